The second-order valence-electron chi connectivity index (χ2n) is 9.02. The third-order valence-electron chi connectivity index (χ3n) is 6.48. The molecule has 0 unspecified atom stereocenters. The molecule has 0 saturated carbocycles. The number of aromatic nitrogens is 2. The van der Waals surface area contributed by atoms with Gasteiger partial charge < -0.3 is 24.6 Å². The van der Waals surface area contributed by atoms with E-state index in [9.17, 15) is 9.59 Å². The number of ether oxygens (including phenoxy) is 2. The van der Waals surface area contributed by atoms with E-state index < -0.39 is 0 Å². The van der Waals surface area contributed by atoms with Crippen molar-refractivity contribution >= 4 is 17.4 Å². The molecule has 5 rings (SSSR count). The van der Waals surface area contributed by atoms with E-state index in [1.54, 1.807) is 11.1 Å². The van der Waals surface area contributed by atoms with Crippen LogP contribution in [0.4, 0.5) is 16.2 Å². The van der Waals surface area contributed by atoms with Gasteiger partial charge in [0.05, 0.1) is 24.2 Å². The number of urea groups is 1. The molecule has 0 radical (unpaired) electrons. The van der Waals surface area contributed by atoms with Crippen molar-refractivity contribution in [1.29, 1.82) is 0 Å². The van der Waals surface area contributed by atoms with Gasteiger partial charge in [-0.2, -0.15) is 9.78 Å². The molecule has 1 aliphatic rings. The van der Waals surface area contributed by atoms with Gasteiger partial charge in [-0.25, -0.2) is 4.79 Å². The Morgan fingerprint density at radius 3 is 2.26 bits per heavy atom. The van der Waals surface area contributed by atoms with E-state index in [0.717, 1.165) is 5.56 Å². The molecule has 1 saturated heterocycles. The van der Waals surface area contributed by atoms with Crippen LogP contribution >= 0.6 is 0 Å². The van der Waals surface area contributed by atoms with Gasteiger partial charge in [-0.15, -0.1) is 0 Å². The lowest BCUT2D eigenvalue weighted by atomic mass is 10.2. The minimum atomic E-state index is -0.331. The minimum Gasteiger partial charge on any atom is -0.492 e. The smallest absolute Gasteiger partial charge is 0.322 e. The molecule has 0 spiro atoms. The van der Waals surface area contributed by atoms with Crippen molar-refractivity contribution in [2.24, 2.45) is 0 Å². The van der Waals surface area contributed by atoms with Gasteiger partial charge in [0.15, 0.2) is 0 Å². The highest BCUT2D eigenvalue weighted by Crippen LogP contribution is 2.27. The third kappa shape index (κ3) is 6.04. The molecular weight excluding hydrogens is 494 g/mol. The van der Waals surface area contributed by atoms with Crippen molar-refractivity contribution in [3.8, 4) is 17.2 Å². The first-order chi connectivity index (χ1) is 19.1. The highest BCUT2D eigenvalue weighted by molar-refractivity contribution is 5.91. The fraction of sp³-hybridized carbons (Fsp3) is 0.233. The van der Waals surface area contributed by atoms with Crippen LogP contribution in [0.5, 0.6) is 11.5 Å². The zero-order chi connectivity index (χ0) is 27.0. The number of amides is 2. The summed E-state index contributed by atoms with van der Waals surface area (Å²) in [6.45, 7) is 4.67. The zero-order valence-electron chi connectivity index (χ0n) is 21.8. The van der Waals surface area contributed by atoms with Crippen LogP contribution in [-0.2, 0) is 6.61 Å². The van der Waals surface area contributed by atoms with E-state index in [4.69, 9.17) is 9.47 Å². The summed E-state index contributed by atoms with van der Waals surface area (Å²) in [6.07, 6.45) is 1.67. The quantitative estimate of drug-likeness (QED) is 0.363. The minimum absolute atomic E-state index is 0.194. The number of rotatable bonds is 8. The molecule has 0 bridgehead atoms. The zero-order valence-corrected chi connectivity index (χ0v) is 21.8. The largest absolute Gasteiger partial charge is 0.492 e. The van der Waals surface area contributed by atoms with Gasteiger partial charge in [-0.1, -0.05) is 60.7 Å². The van der Waals surface area contributed by atoms with E-state index in [1.165, 1.54) is 4.68 Å². The predicted molar refractivity (Wildman–Crippen MR) is 151 cm³/mol. The summed E-state index contributed by atoms with van der Waals surface area (Å²) in [4.78, 5) is 30.4. The monoisotopic (exact) mass is 525 g/mol. The van der Waals surface area contributed by atoms with Gasteiger partial charge >= 0.3 is 11.6 Å². The molecular formula is C30H31N5O4. The molecule has 2 amide bonds. The van der Waals surface area contributed by atoms with Crippen molar-refractivity contribution in [3.05, 3.63) is 107 Å². The van der Waals surface area contributed by atoms with Crippen LogP contribution in [0.15, 0.2) is 95.9 Å². The summed E-state index contributed by atoms with van der Waals surface area (Å²) in [5.74, 6) is 0.874. The molecule has 200 valence electrons. The molecule has 1 aliphatic heterocycles. The van der Waals surface area contributed by atoms with E-state index >= 15 is 0 Å². The number of carbonyl (C=O) groups excluding carboxylic acids is 1. The van der Waals surface area contributed by atoms with E-state index in [-0.39, 0.29) is 23.9 Å². The van der Waals surface area contributed by atoms with E-state index in [2.05, 4.69) is 10.4 Å². The fourth-order valence-electron chi connectivity index (χ4n) is 4.47. The van der Waals surface area contributed by atoms with Crippen molar-refractivity contribution in [2.75, 3.05) is 43.0 Å². The predicted octanol–water partition coefficient (Wildman–Crippen LogP) is 4.56. The van der Waals surface area contributed by atoms with Crippen molar-refractivity contribution in [2.45, 2.75) is 13.5 Å². The lowest BCUT2D eigenvalue weighted by molar-refractivity contribution is 0.207. The fourth-order valence-corrected chi connectivity index (χ4v) is 4.47. The number of nitrogens with zero attached hydrogens (tertiary/aromatic N) is 4. The molecule has 0 atom stereocenters. The number of anilines is 2. The van der Waals surface area contributed by atoms with Crippen LogP contribution in [0, 0.1) is 0 Å². The number of piperazine rings is 1. The Hall–Kier alpha value is -4.79. The SMILES string of the molecule is CCOc1ccccc1NC(=O)N1CCN(c2cnn(-c3ccccc3)c(=O)c2OCc2ccccc2)CC1. The van der Waals surface area contributed by atoms with Gasteiger partial charge in [0, 0.05) is 26.2 Å². The summed E-state index contributed by atoms with van der Waals surface area (Å²) in [6, 6.07) is 26.2. The maximum absolute atomic E-state index is 13.6. The van der Waals surface area contributed by atoms with Crippen molar-refractivity contribution < 1.29 is 14.3 Å². The summed E-state index contributed by atoms with van der Waals surface area (Å²) in [5.41, 5.74) is 2.54. The molecule has 3 aromatic carbocycles. The Balaban J connectivity index is 1.33. The van der Waals surface area contributed by atoms with Crippen LogP contribution in [0.2, 0.25) is 0 Å². The highest BCUT2D eigenvalue weighted by atomic mass is 16.5. The Bertz CT molecular complexity index is 1450. The standard InChI is InChI=1S/C30H31N5O4/c1-2-38-27-16-10-9-15-25(27)32-30(37)34-19-17-33(18-20-34)26-21-31-35(24-13-7-4-8-14-24)29(36)28(26)39-22-23-11-5-3-6-12-23/h3-16,21H,2,17-20,22H2,1H3,(H,32,37). The summed E-state index contributed by atoms with van der Waals surface area (Å²) < 4.78 is 13.1. The lowest BCUT2D eigenvalue weighted by Gasteiger charge is -2.36. The maximum Gasteiger partial charge on any atom is 0.322 e. The third-order valence-corrected chi connectivity index (χ3v) is 6.48. The Labute approximate surface area is 227 Å². The summed E-state index contributed by atoms with van der Waals surface area (Å²) in [5, 5.41) is 7.41. The van der Waals surface area contributed by atoms with Crippen molar-refractivity contribution in [1.82, 2.24) is 14.7 Å². The van der Waals surface area contributed by atoms with Crippen molar-refractivity contribution in [3.63, 3.8) is 0 Å². The van der Waals surface area contributed by atoms with E-state index in [1.807, 2.05) is 96.8 Å². The highest BCUT2D eigenvalue weighted by Gasteiger charge is 2.26. The van der Waals surface area contributed by atoms with Crippen LogP contribution in [-0.4, -0.2) is 53.5 Å². The topological polar surface area (TPSA) is 88.9 Å². The summed E-state index contributed by atoms with van der Waals surface area (Å²) >= 11 is 0. The molecule has 0 aliphatic carbocycles. The Kier molecular flexibility index (Phi) is 8.06. The first-order valence-corrected chi connectivity index (χ1v) is 13.0. The van der Waals surface area contributed by atoms with Crippen LogP contribution in [0.1, 0.15) is 12.5 Å². The Morgan fingerprint density at radius 2 is 1.54 bits per heavy atom. The summed E-state index contributed by atoms with van der Waals surface area (Å²) in [7, 11) is 0. The van der Waals surface area contributed by atoms with Gasteiger partial charge in [0.2, 0.25) is 5.75 Å². The molecule has 1 aromatic heterocycles. The number of carbonyl (C=O) groups is 1. The molecule has 9 heteroatoms. The molecule has 1 N–H and O–H groups in total. The second-order valence-corrected chi connectivity index (χ2v) is 9.02. The molecule has 39 heavy (non-hydrogen) atoms. The first kappa shape index (κ1) is 25.8. The number of hydrogen-bond donors (Lipinski definition) is 1. The number of hydrogen-bond acceptors (Lipinski definition) is 6. The number of nitrogens with one attached hydrogen (secondary N) is 1. The normalized spacial score (nSPS) is 13.2. The molecule has 9 nitrogen and oxygen atoms in total. The van der Waals surface area contributed by atoms with Crippen LogP contribution in [0.3, 0.4) is 0 Å². The van der Waals surface area contributed by atoms with E-state index in [0.29, 0.717) is 55.6 Å². The van der Waals surface area contributed by atoms with Gasteiger partial charge in [-0.3, -0.25) is 4.79 Å². The Morgan fingerprint density at radius 1 is 0.872 bits per heavy atom. The number of para-hydroxylation sites is 3. The maximum atomic E-state index is 13.6. The molecule has 4 aromatic rings. The van der Waals surface area contributed by atoms with Gasteiger partial charge in [-0.05, 0) is 36.8 Å². The number of benzene rings is 3. The van der Waals surface area contributed by atoms with Crippen LogP contribution < -0.4 is 25.2 Å². The second kappa shape index (κ2) is 12.2. The first-order valence-electron chi connectivity index (χ1n) is 13.0. The van der Waals surface area contributed by atoms with Crippen LogP contribution in [0.25, 0.3) is 5.69 Å². The van der Waals surface area contributed by atoms with Gasteiger partial charge in [0.1, 0.15) is 18.0 Å². The lowest BCUT2D eigenvalue weighted by Crippen LogP contribution is -2.50. The molecule has 1 fully saturated rings. The average molecular weight is 526 g/mol. The average Bonchev–Trinajstić information content (AvgIpc) is 2.98. The van der Waals surface area contributed by atoms with Gasteiger partial charge in [0.25, 0.3) is 0 Å². The molecule has 2 heterocycles.